The molecule has 2 fully saturated rings. The van der Waals surface area contributed by atoms with Crippen LogP contribution in [0.5, 0.6) is 0 Å². The first-order chi connectivity index (χ1) is 12.6. The highest BCUT2D eigenvalue weighted by molar-refractivity contribution is 6.31. The zero-order chi connectivity index (χ0) is 19.8. The van der Waals surface area contributed by atoms with E-state index in [-0.39, 0.29) is 35.0 Å². The Hall–Kier alpha value is -1.70. The molecule has 2 N–H and O–H groups in total. The van der Waals surface area contributed by atoms with E-state index in [0.29, 0.717) is 18.3 Å². The number of likely N-dealkylation sites (tertiary alicyclic amines) is 2. The largest absolute Gasteiger partial charge is 0.350 e. The van der Waals surface area contributed by atoms with E-state index in [0.717, 1.165) is 19.5 Å². The van der Waals surface area contributed by atoms with Crippen LogP contribution in [0.2, 0.25) is 5.02 Å². The predicted octanol–water partition coefficient (Wildman–Crippen LogP) is 2.09. The number of halogens is 2. The zero-order valence-corrected chi connectivity index (χ0v) is 16.6. The summed E-state index contributed by atoms with van der Waals surface area (Å²) in [5, 5.41) is 5.73. The van der Waals surface area contributed by atoms with Crippen molar-refractivity contribution in [2.45, 2.75) is 44.8 Å². The third-order valence-corrected chi connectivity index (χ3v) is 5.17. The fraction of sp³-hybridized carbons (Fsp3) is 0.579. The van der Waals surface area contributed by atoms with Crippen molar-refractivity contribution in [1.82, 2.24) is 15.1 Å². The molecule has 1 aromatic rings. The maximum atomic E-state index is 13.2. The summed E-state index contributed by atoms with van der Waals surface area (Å²) in [7, 11) is 0. The van der Waals surface area contributed by atoms with Gasteiger partial charge in [0.05, 0.1) is 18.1 Å². The van der Waals surface area contributed by atoms with Crippen LogP contribution in [0, 0.1) is 5.82 Å². The number of nitrogens with one attached hydrogen (secondary N) is 2. The van der Waals surface area contributed by atoms with Gasteiger partial charge >= 0.3 is 0 Å². The summed E-state index contributed by atoms with van der Waals surface area (Å²) in [6, 6.07) is 4.70. The molecule has 2 atom stereocenters. The molecule has 2 aliphatic rings. The lowest BCUT2D eigenvalue weighted by atomic mass is 10.1. The van der Waals surface area contributed by atoms with Crippen molar-refractivity contribution in [1.29, 1.82) is 0 Å². The van der Waals surface area contributed by atoms with Crippen LogP contribution in [0.1, 0.15) is 27.2 Å². The Kier molecular flexibility index (Phi) is 5.74. The summed E-state index contributed by atoms with van der Waals surface area (Å²) < 4.78 is 13.2. The number of carbonyl (C=O) groups excluding carboxylic acids is 2. The molecule has 2 heterocycles. The molecule has 3 rings (SSSR count). The van der Waals surface area contributed by atoms with Crippen molar-refractivity contribution in [3.8, 4) is 0 Å². The molecule has 0 unspecified atom stereocenters. The Morgan fingerprint density at radius 2 is 1.74 bits per heavy atom. The first kappa shape index (κ1) is 20.0. The molecule has 2 saturated heterocycles. The molecule has 2 amide bonds. The summed E-state index contributed by atoms with van der Waals surface area (Å²) in [6.45, 7) is 8.13. The third kappa shape index (κ3) is 5.18. The van der Waals surface area contributed by atoms with Gasteiger partial charge in [0.25, 0.3) is 0 Å². The van der Waals surface area contributed by atoms with Crippen molar-refractivity contribution in [3.63, 3.8) is 0 Å². The lowest BCUT2D eigenvalue weighted by Crippen LogP contribution is -2.52. The number of amides is 2. The van der Waals surface area contributed by atoms with E-state index in [2.05, 4.69) is 20.4 Å². The molecule has 1 aromatic carbocycles. The first-order valence-corrected chi connectivity index (χ1v) is 9.52. The van der Waals surface area contributed by atoms with Crippen LogP contribution in [0.4, 0.5) is 10.1 Å². The van der Waals surface area contributed by atoms with Gasteiger partial charge < -0.3 is 10.6 Å². The average Bonchev–Trinajstić information content (AvgIpc) is 3.08. The molecule has 0 aromatic heterocycles. The SMILES string of the molecule is CC(C)(C)NC(=O)CN1C[C@@H]2C[C@H]1CN2CC(=O)Nc1ccc(F)c(Cl)c1. The predicted molar refractivity (Wildman–Crippen MR) is 103 cm³/mol. The lowest BCUT2D eigenvalue weighted by Gasteiger charge is -2.34. The summed E-state index contributed by atoms with van der Waals surface area (Å²) in [5.74, 6) is -0.628. The molecule has 8 heteroatoms. The van der Waals surface area contributed by atoms with Crippen LogP contribution in [0.25, 0.3) is 0 Å². The van der Waals surface area contributed by atoms with Gasteiger partial charge in [0, 0.05) is 36.4 Å². The normalized spacial score (nSPS) is 22.9. The number of rotatable bonds is 5. The second kappa shape index (κ2) is 7.73. The second-order valence-electron chi connectivity index (χ2n) is 8.38. The van der Waals surface area contributed by atoms with Crippen molar-refractivity contribution >= 4 is 29.1 Å². The van der Waals surface area contributed by atoms with E-state index in [1.54, 1.807) is 0 Å². The van der Waals surface area contributed by atoms with Crippen LogP contribution in [-0.2, 0) is 9.59 Å². The van der Waals surface area contributed by atoms with E-state index in [1.807, 2.05) is 20.8 Å². The monoisotopic (exact) mass is 396 g/mol. The summed E-state index contributed by atoms with van der Waals surface area (Å²) in [6.07, 6.45) is 0.971. The van der Waals surface area contributed by atoms with Gasteiger partial charge in [0.15, 0.2) is 0 Å². The van der Waals surface area contributed by atoms with E-state index in [9.17, 15) is 14.0 Å². The van der Waals surface area contributed by atoms with E-state index in [1.165, 1.54) is 18.2 Å². The molecule has 148 valence electrons. The summed E-state index contributed by atoms with van der Waals surface area (Å²) in [5.41, 5.74) is 0.250. The minimum atomic E-state index is -0.512. The Morgan fingerprint density at radius 1 is 1.15 bits per heavy atom. The number of hydrogen-bond acceptors (Lipinski definition) is 4. The number of anilines is 1. The molecule has 0 aliphatic carbocycles. The van der Waals surface area contributed by atoms with Crippen LogP contribution in [-0.4, -0.2) is 65.4 Å². The van der Waals surface area contributed by atoms with Gasteiger partial charge in [-0.15, -0.1) is 0 Å². The molecular formula is C19H26ClFN4O2. The fourth-order valence-electron chi connectivity index (χ4n) is 3.82. The summed E-state index contributed by atoms with van der Waals surface area (Å²) in [4.78, 5) is 28.8. The highest BCUT2D eigenvalue weighted by atomic mass is 35.5. The lowest BCUT2D eigenvalue weighted by molar-refractivity contribution is -0.124. The van der Waals surface area contributed by atoms with Crippen molar-refractivity contribution in [3.05, 3.63) is 29.0 Å². The van der Waals surface area contributed by atoms with Gasteiger partial charge in [-0.05, 0) is 45.4 Å². The van der Waals surface area contributed by atoms with Crippen molar-refractivity contribution in [2.75, 3.05) is 31.5 Å². The average molecular weight is 397 g/mol. The maximum absolute atomic E-state index is 13.2. The highest BCUT2D eigenvalue weighted by Gasteiger charge is 2.44. The Bertz CT molecular complexity index is 737. The molecular weight excluding hydrogens is 371 g/mol. The Labute approximate surface area is 164 Å². The van der Waals surface area contributed by atoms with Crippen molar-refractivity contribution in [2.24, 2.45) is 0 Å². The van der Waals surface area contributed by atoms with E-state index < -0.39 is 5.82 Å². The molecule has 0 saturated carbocycles. The van der Waals surface area contributed by atoms with Crippen molar-refractivity contribution < 1.29 is 14.0 Å². The highest BCUT2D eigenvalue weighted by Crippen LogP contribution is 2.30. The van der Waals surface area contributed by atoms with Gasteiger partial charge in [0.1, 0.15) is 5.82 Å². The van der Waals surface area contributed by atoms with Crippen LogP contribution in [0.15, 0.2) is 18.2 Å². The van der Waals surface area contributed by atoms with Gasteiger partial charge in [-0.1, -0.05) is 11.6 Å². The van der Waals surface area contributed by atoms with Gasteiger partial charge in [0.2, 0.25) is 11.8 Å². The van der Waals surface area contributed by atoms with Gasteiger partial charge in [-0.3, -0.25) is 19.4 Å². The first-order valence-electron chi connectivity index (χ1n) is 9.15. The Morgan fingerprint density at radius 3 is 2.26 bits per heavy atom. The molecule has 6 nitrogen and oxygen atoms in total. The van der Waals surface area contributed by atoms with Crippen LogP contribution in [0.3, 0.4) is 0 Å². The smallest absolute Gasteiger partial charge is 0.238 e. The minimum absolute atomic E-state index is 0.0165. The number of piperazine rings is 1. The van der Waals surface area contributed by atoms with Gasteiger partial charge in [-0.2, -0.15) is 0 Å². The molecule has 0 radical (unpaired) electrons. The van der Waals surface area contributed by atoms with E-state index in [4.69, 9.17) is 11.6 Å². The standard InChI is InChI=1S/C19H26ClFN4O2/c1-19(2,3)23-18(27)11-25-9-13-7-14(25)8-24(13)10-17(26)22-12-4-5-16(21)15(20)6-12/h4-6,13-14H,7-11H2,1-3H3,(H,22,26)(H,23,27)/t13-,14-/m0/s1. The molecule has 0 spiro atoms. The maximum Gasteiger partial charge on any atom is 0.238 e. The molecule has 2 bridgehead atoms. The van der Waals surface area contributed by atoms with Crippen LogP contribution >= 0.6 is 11.6 Å². The number of carbonyl (C=O) groups is 2. The minimum Gasteiger partial charge on any atom is -0.350 e. The zero-order valence-electron chi connectivity index (χ0n) is 15.9. The number of fused-ring (bicyclic) bond motifs is 2. The number of nitrogens with zero attached hydrogens (tertiary/aromatic N) is 2. The number of hydrogen-bond donors (Lipinski definition) is 2. The van der Waals surface area contributed by atoms with E-state index >= 15 is 0 Å². The summed E-state index contributed by atoms with van der Waals surface area (Å²) >= 11 is 5.74. The quantitative estimate of drug-likeness (QED) is 0.800. The Balaban J connectivity index is 1.47. The molecule has 27 heavy (non-hydrogen) atoms. The topological polar surface area (TPSA) is 64.7 Å². The van der Waals surface area contributed by atoms with Crippen LogP contribution < -0.4 is 10.6 Å². The van der Waals surface area contributed by atoms with Gasteiger partial charge in [-0.25, -0.2) is 4.39 Å². The fourth-order valence-corrected chi connectivity index (χ4v) is 4.00. The number of benzene rings is 1. The third-order valence-electron chi connectivity index (χ3n) is 4.88. The second-order valence-corrected chi connectivity index (χ2v) is 8.78. The molecule has 2 aliphatic heterocycles.